The van der Waals surface area contributed by atoms with Gasteiger partial charge in [0.25, 0.3) is 11.9 Å². The zero-order valence-electron chi connectivity index (χ0n) is 10.6. The first-order chi connectivity index (χ1) is 9.90. The highest BCUT2D eigenvalue weighted by Crippen LogP contribution is 2.22. The van der Waals surface area contributed by atoms with Gasteiger partial charge in [-0.1, -0.05) is 23.7 Å². The zero-order chi connectivity index (χ0) is 15.6. The van der Waals surface area contributed by atoms with Crippen molar-refractivity contribution in [1.82, 2.24) is 4.98 Å². The molecule has 8 heteroatoms. The van der Waals surface area contributed by atoms with Crippen molar-refractivity contribution in [3.05, 3.63) is 58.4 Å². The first-order valence-corrected chi connectivity index (χ1v) is 6.04. The molecule has 1 aromatic heterocycles. The van der Waals surface area contributed by atoms with Crippen molar-refractivity contribution in [3.8, 4) is 0 Å². The fourth-order valence-electron chi connectivity index (χ4n) is 1.50. The summed E-state index contributed by atoms with van der Waals surface area (Å²) in [4.78, 5) is 2.44. The Morgan fingerprint density at radius 2 is 1.76 bits per heavy atom. The maximum absolute atomic E-state index is 13.4. The van der Waals surface area contributed by atoms with Crippen molar-refractivity contribution < 1.29 is 17.6 Å². The van der Waals surface area contributed by atoms with E-state index in [9.17, 15) is 17.6 Å². The Balaban J connectivity index is 2.33. The summed E-state index contributed by atoms with van der Waals surface area (Å²) in [5.41, 5.74) is 1.79. The second kappa shape index (κ2) is 6.09. The smallest absolute Gasteiger partial charge is 0.254 e. The number of halogens is 5. The monoisotopic (exact) mass is 317 g/mol. The number of hydrogen-bond donors (Lipinski definition) is 1. The summed E-state index contributed by atoms with van der Waals surface area (Å²) in [5, 5.41) is 4.12. The molecule has 0 unspecified atom stereocenters. The standard InChI is InChI=1S/C13H8ClF4N3/c1-6(7-3-2-4-8(14)5-7)20-21-11-9(15)12(17)19-13(18)10(11)16/h2-5H,1H3,(H,19,21). The van der Waals surface area contributed by atoms with Crippen LogP contribution in [0.15, 0.2) is 29.4 Å². The van der Waals surface area contributed by atoms with E-state index in [-0.39, 0.29) is 0 Å². The minimum absolute atomic E-state index is 0.314. The zero-order valence-corrected chi connectivity index (χ0v) is 11.3. The Bertz CT molecular complexity index is 693. The Morgan fingerprint density at radius 3 is 2.33 bits per heavy atom. The van der Waals surface area contributed by atoms with Gasteiger partial charge in [-0.3, -0.25) is 5.43 Å². The van der Waals surface area contributed by atoms with Crippen LogP contribution < -0.4 is 5.43 Å². The summed E-state index contributed by atoms with van der Waals surface area (Å²) in [6, 6.07) is 6.53. The van der Waals surface area contributed by atoms with Crippen LogP contribution in [-0.2, 0) is 0 Å². The maximum Gasteiger partial charge on any atom is 0.254 e. The molecule has 0 aliphatic carbocycles. The largest absolute Gasteiger partial charge is 0.272 e. The van der Waals surface area contributed by atoms with Crippen molar-refractivity contribution in [2.75, 3.05) is 5.43 Å². The molecule has 1 aromatic carbocycles. The quantitative estimate of drug-likeness (QED) is 0.400. The molecule has 1 heterocycles. The second-order valence-corrected chi connectivity index (χ2v) is 4.45. The molecule has 0 bridgehead atoms. The average Bonchev–Trinajstić information content (AvgIpc) is 2.45. The normalized spacial score (nSPS) is 11.6. The number of benzene rings is 1. The van der Waals surface area contributed by atoms with Crippen LogP contribution in [0.1, 0.15) is 12.5 Å². The summed E-state index contributed by atoms with van der Waals surface area (Å²) >= 11 is 5.80. The predicted molar refractivity (Wildman–Crippen MR) is 71.4 cm³/mol. The Hall–Kier alpha value is -2.15. The van der Waals surface area contributed by atoms with Gasteiger partial charge >= 0.3 is 0 Å². The van der Waals surface area contributed by atoms with Gasteiger partial charge in [0.1, 0.15) is 5.69 Å². The summed E-state index contributed by atoms with van der Waals surface area (Å²) < 4.78 is 52.6. The molecule has 1 N–H and O–H groups in total. The molecule has 0 atom stereocenters. The molecule has 0 aliphatic heterocycles. The van der Waals surface area contributed by atoms with E-state index in [1.165, 1.54) is 6.92 Å². The van der Waals surface area contributed by atoms with Gasteiger partial charge in [0.15, 0.2) is 0 Å². The third-order valence-electron chi connectivity index (χ3n) is 2.58. The number of rotatable bonds is 3. The molecule has 0 amide bonds. The molecule has 0 saturated carbocycles. The van der Waals surface area contributed by atoms with Gasteiger partial charge in [0.05, 0.1) is 5.71 Å². The maximum atomic E-state index is 13.4. The first-order valence-electron chi connectivity index (χ1n) is 5.66. The number of anilines is 1. The molecule has 2 aromatic rings. The van der Waals surface area contributed by atoms with Crippen LogP contribution >= 0.6 is 11.6 Å². The fraction of sp³-hybridized carbons (Fsp3) is 0.0769. The van der Waals surface area contributed by atoms with Crippen LogP contribution in [0.2, 0.25) is 5.02 Å². The SMILES string of the molecule is CC(=NNc1c(F)c(F)nc(F)c1F)c1cccc(Cl)c1. The van der Waals surface area contributed by atoms with Crippen molar-refractivity contribution in [2.24, 2.45) is 5.10 Å². The summed E-state index contributed by atoms with van der Waals surface area (Å²) in [6.07, 6.45) is 0. The van der Waals surface area contributed by atoms with E-state index in [0.717, 1.165) is 0 Å². The molecular formula is C13H8ClF4N3. The third kappa shape index (κ3) is 3.30. The first kappa shape index (κ1) is 15.2. The van der Waals surface area contributed by atoms with Crippen LogP contribution in [0.3, 0.4) is 0 Å². The van der Waals surface area contributed by atoms with Gasteiger partial charge in [-0.15, -0.1) is 0 Å². The van der Waals surface area contributed by atoms with Crippen LogP contribution in [0, 0.1) is 23.5 Å². The lowest BCUT2D eigenvalue weighted by Crippen LogP contribution is -2.07. The van der Waals surface area contributed by atoms with Crippen LogP contribution in [0.5, 0.6) is 0 Å². The van der Waals surface area contributed by atoms with E-state index in [2.05, 4.69) is 10.1 Å². The van der Waals surface area contributed by atoms with Crippen LogP contribution in [0.25, 0.3) is 0 Å². The van der Waals surface area contributed by atoms with Gasteiger partial charge in [0.2, 0.25) is 11.6 Å². The van der Waals surface area contributed by atoms with E-state index >= 15 is 0 Å². The molecule has 110 valence electrons. The fourth-order valence-corrected chi connectivity index (χ4v) is 1.69. The van der Waals surface area contributed by atoms with E-state index in [1.54, 1.807) is 24.3 Å². The van der Waals surface area contributed by atoms with E-state index in [0.29, 0.717) is 16.3 Å². The molecule has 2 rings (SSSR count). The summed E-state index contributed by atoms with van der Waals surface area (Å²) in [7, 11) is 0. The number of pyridine rings is 1. The van der Waals surface area contributed by atoms with Crippen molar-refractivity contribution >= 4 is 23.0 Å². The number of nitrogens with one attached hydrogen (secondary N) is 1. The van der Waals surface area contributed by atoms with E-state index in [4.69, 9.17) is 11.6 Å². The van der Waals surface area contributed by atoms with Crippen LogP contribution in [0.4, 0.5) is 23.2 Å². The second-order valence-electron chi connectivity index (χ2n) is 4.02. The molecule has 0 fully saturated rings. The van der Waals surface area contributed by atoms with Gasteiger partial charge in [0, 0.05) is 5.02 Å². The van der Waals surface area contributed by atoms with E-state index < -0.39 is 29.2 Å². The Labute approximate surface area is 122 Å². The minimum atomic E-state index is -1.76. The Morgan fingerprint density at radius 1 is 1.14 bits per heavy atom. The molecule has 0 saturated heterocycles. The van der Waals surface area contributed by atoms with Gasteiger partial charge < -0.3 is 0 Å². The number of hydrazone groups is 1. The third-order valence-corrected chi connectivity index (χ3v) is 2.81. The number of aromatic nitrogens is 1. The molecule has 3 nitrogen and oxygen atoms in total. The molecule has 0 radical (unpaired) electrons. The predicted octanol–water partition coefficient (Wildman–Crippen LogP) is 4.13. The topological polar surface area (TPSA) is 37.3 Å². The van der Waals surface area contributed by atoms with Crippen molar-refractivity contribution in [1.29, 1.82) is 0 Å². The number of nitrogens with zero attached hydrogens (tertiary/aromatic N) is 2. The lowest BCUT2D eigenvalue weighted by molar-refractivity contribution is 0.411. The highest BCUT2D eigenvalue weighted by atomic mass is 35.5. The van der Waals surface area contributed by atoms with Crippen molar-refractivity contribution in [3.63, 3.8) is 0 Å². The molecular weight excluding hydrogens is 310 g/mol. The Kier molecular flexibility index (Phi) is 4.42. The van der Waals surface area contributed by atoms with Gasteiger partial charge in [-0.05, 0) is 24.6 Å². The highest BCUT2D eigenvalue weighted by molar-refractivity contribution is 6.31. The van der Waals surface area contributed by atoms with E-state index in [1.807, 2.05) is 5.43 Å². The van der Waals surface area contributed by atoms with Crippen molar-refractivity contribution in [2.45, 2.75) is 6.92 Å². The summed E-state index contributed by atoms with van der Waals surface area (Å²) in [6.45, 7) is 1.53. The minimum Gasteiger partial charge on any atom is -0.272 e. The van der Waals surface area contributed by atoms with Gasteiger partial charge in [-0.25, -0.2) is 0 Å². The summed E-state index contributed by atoms with van der Waals surface area (Å²) in [5.74, 6) is -6.83. The highest BCUT2D eigenvalue weighted by Gasteiger charge is 2.20. The lowest BCUT2D eigenvalue weighted by Gasteiger charge is -2.07. The van der Waals surface area contributed by atoms with Gasteiger partial charge in [-0.2, -0.15) is 27.6 Å². The molecule has 0 aliphatic rings. The lowest BCUT2D eigenvalue weighted by atomic mass is 10.1. The molecule has 0 spiro atoms. The average molecular weight is 318 g/mol. The number of hydrogen-bond acceptors (Lipinski definition) is 3. The molecule has 21 heavy (non-hydrogen) atoms. The van der Waals surface area contributed by atoms with Crippen LogP contribution in [-0.4, -0.2) is 10.7 Å².